The van der Waals surface area contributed by atoms with Crippen molar-refractivity contribution < 1.29 is 19.0 Å². The lowest BCUT2D eigenvalue weighted by molar-refractivity contribution is -0.153. The number of methoxy groups -OCH3 is 1. The minimum absolute atomic E-state index is 0.0839. The molecule has 1 fully saturated rings. The molecule has 1 heterocycles. The van der Waals surface area contributed by atoms with Crippen LogP contribution in [-0.4, -0.2) is 38.9 Å². The molecule has 0 aromatic heterocycles. The van der Waals surface area contributed by atoms with Crippen LogP contribution < -0.4 is 5.32 Å². The lowest BCUT2D eigenvalue weighted by Gasteiger charge is -2.22. The van der Waals surface area contributed by atoms with Crippen LogP contribution in [0.25, 0.3) is 0 Å². The predicted octanol–water partition coefficient (Wildman–Crippen LogP) is 3.09. The Kier molecular flexibility index (Phi) is 9.14. The number of hydrogen-bond donors (Lipinski definition) is 1. The predicted molar refractivity (Wildman–Crippen MR) is 90.8 cm³/mol. The van der Waals surface area contributed by atoms with E-state index in [0.29, 0.717) is 12.3 Å². The third kappa shape index (κ3) is 7.88. The summed E-state index contributed by atoms with van der Waals surface area (Å²) in [5, 5.41) is 2.95. The van der Waals surface area contributed by atoms with Crippen molar-refractivity contribution in [2.75, 3.05) is 26.9 Å². The van der Waals surface area contributed by atoms with Gasteiger partial charge in [-0.1, -0.05) is 26.0 Å². The van der Waals surface area contributed by atoms with Gasteiger partial charge in [0, 0.05) is 18.4 Å². The zero-order valence-corrected chi connectivity index (χ0v) is 14.5. The molecule has 1 N–H and O–H groups in total. The summed E-state index contributed by atoms with van der Waals surface area (Å²) in [7, 11) is 1.62. The first-order valence-corrected chi connectivity index (χ1v) is 8.19. The largest absolute Gasteiger partial charge is 0.496 e. The quantitative estimate of drug-likeness (QED) is 0.401. The zero-order chi connectivity index (χ0) is 17.1. The second kappa shape index (κ2) is 10.9. The van der Waals surface area contributed by atoms with Gasteiger partial charge >= 0.3 is 5.97 Å². The summed E-state index contributed by atoms with van der Waals surface area (Å²) in [5.74, 6) is 0.442. The first kappa shape index (κ1) is 19.3. The van der Waals surface area contributed by atoms with Crippen LogP contribution >= 0.6 is 0 Å². The summed E-state index contributed by atoms with van der Waals surface area (Å²) in [6.07, 6.45) is 7.67. The van der Waals surface area contributed by atoms with E-state index in [0.717, 1.165) is 43.6 Å². The molecule has 0 spiro atoms. The second-order valence-corrected chi connectivity index (χ2v) is 5.60. The van der Waals surface area contributed by atoms with Gasteiger partial charge in [0.25, 0.3) is 0 Å². The molecular formula is C18H29NO4. The van der Waals surface area contributed by atoms with E-state index in [1.807, 2.05) is 6.92 Å². The molecule has 1 rings (SSSR count). The first-order valence-electron chi connectivity index (χ1n) is 8.19. The number of carbonyl (C=O) groups excluding carboxylic acids is 1. The fourth-order valence-corrected chi connectivity index (χ4v) is 2.22. The minimum atomic E-state index is -0.299. The van der Waals surface area contributed by atoms with Crippen LogP contribution in [-0.2, 0) is 19.0 Å². The van der Waals surface area contributed by atoms with Crippen LogP contribution in [0, 0.1) is 0 Å². The van der Waals surface area contributed by atoms with Crippen molar-refractivity contribution in [1.82, 2.24) is 5.32 Å². The van der Waals surface area contributed by atoms with Gasteiger partial charge < -0.3 is 19.5 Å². The Morgan fingerprint density at radius 3 is 2.87 bits per heavy atom. The molecule has 0 amide bonds. The van der Waals surface area contributed by atoms with Gasteiger partial charge in [-0.05, 0) is 31.8 Å². The molecule has 0 unspecified atom stereocenters. The van der Waals surface area contributed by atoms with Crippen LogP contribution in [0.3, 0.4) is 0 Å². The third-order valence-electron chi connectivity index (χ3n) is 3.53. The third-order valence-corrected chi connectivity index (χ3v) is 3.53. The Labute approximate surface area is 139 Å². The lowest BCUT2D eigenvalue weighted by Crippen LogP contribution is -2.32. The van der Waals surface area contributed by atoms with E-state index in [2.05, 4.69) is 24.9 Å². The number of carbonyl (C=O) groups is 1. The highest BCUT2D eigenvalue weighted by Gasteiger charge is 2.17. The van der Waals surface area contributed by atoms with Crippen LogP contribution in [0.15, 0.2) is 35.8 Å². The molecule has 0 aromatic carbocycles. The number of unbranched alkanes of at least 4 members (excludes halogenated alkanes) is 1. The van der Waals surface area contributed by atoms with Crippen molar-refractivity contribution in [3.05, 3.63) is 35.8 Å². The molecule has 0 aromatic rings. The van der Waals surface area contributed by atoms with Gasteiger partial charge in [-0.3, -0.25) is 4.79 Å². The number of nitrogens with one attached hydrogen (secondary N) is 1. The standard InChI is InChI=1S/C18H29NO4/c1-5-6-8-14(2)17(21-4)11-15(3)19-12-18(20)23-16-9-7-10-22-13-16/h8,11,16,19H,3,5-7,9-10,12-13H2,1-2,4H3/b14-8+,17-11+/t16-/m1/s1. The van der Waals surface area contributed by atoms with Gasteiger partial charge in [0.1, 0.15) is 18.4 Å². The van der Waals surface area contributed by atoms with E-state index in [4.69, 9.17) is 14.2 Å². The van der Waals surface area contributed by atoms with Crippen molar-refractivity contribution in [3.8, 4) is 0 Å². The van der Waals surface area contributed by atoms with Crippen molar-refractivity contribution in [3.63, 3.8) is 0 Å². The van der Waals surface area contributed by atoms with Gasteiger partial charge in [0.05, 0.1) is 13.7 Å². The van der Waals surface area contributed by atoms with Crippen molar-refractivity contribution in [1.29, 1.82) is 0 Å². The van der Waals surface area contributed by atoms with Crippen molar-refractivity contribution >= 4 is 5.97 Å². The summed E-state index contributed by atoms with van der Waals surface area (Å²) in [4.78, 5) is 11.8. The molecule has 0 bridgehead atoms. The average molecular weight is 323 g/mol. The van der Waals surface area contributed by atoms with E-state index < -0.39 is 0 Å². The van der Waals surface area contributed by atoms with E-state index in [1.165, 1.54) is 0 Å². The molecule has 5 nitrogen and oxygen atoms in total. The molecule has 0 radical (unpaired) electrons. The van der Waals surface area contributed by atoms with Gasteiger partial charge in [-0.2, -0.15) is 0 Å². The van der Waals surface area contributed by atoms with Gasteiger partial charge in [-0.15, -0.1) is 0 Å². The van der Waals surface area contributed by atoms with Crippen molar-refractivity contribution in [2.24, 2.45) is 0 Å². The molecule has 130 valence electrons. The number of ether oxygens (including phenoxy) is 3. The highest BCUT2D eigenvalue weighted by Crippen LogP contribution is 2.13. The Balaban J connectivity index is 2.41. The van der Waals surface area contributed by atoms with E-state index in [1.54, 1.807) is 13.2 Å². The number of allylic oxidation sites excluding steroid dienone is 3. The zero-order valence-electron chi connectivity index (χ0n) is 14.5. The molecule has 1 atom stereocenters. The van der Waals surface area contributed by atoms with E-state index >= 15 is 0 Å². The molecule has 0 saturated carbocycles. The number of hydrogen-bond acceptors (Lipinski definition) is 5. The van der Waals surface area contributed by atoms with Crippen LogP contribution in [0.1, 0.15) is 39.5 Å². The topological polar surface area (TPSA) is 56.8 Å². The summed E-state index contributed by atoms with van der Waals surface area (Å²) in [6.45, 7) is 9.34. The smallest absolute Gasteiger partial charge is 0.325 e. The fourth-order valence-electron chi connectivity index (χ4n) is 2.22. The fraction of sp³-hybridized carbons (Fsp3) is 0.611. The molecule has 23 heavy (non-hydrogen) atoms. The summed E-state index contributed by atoms with van der Waals surface area (Å²) >= 11 is 0. The van der Waals surface area contributed by atoms with Gasteiger partial charge in [0.2, 0.25) is 0 Å². The van der Waals surface area contributed by atoms with Crippen LogP contribution in [0.4, 0.5) is 0 Å². The van der Waals surface area contributed by atoms with E-state index in [-0.39, 0.29) is 18.6 Å². The van der Waals surface area contributed by atoms with Crippen molar-refractivity contribution in [2.45, 2.75) is 45.6 Å². The van der Waals surface area contributed by atoms with Crippen LogP contribution in [0.2, 0.25) is 0 Å². The summed E-state index contributed by atoms with van der Waals surface area (Å²) < 4.78 is 16.0. The molecule has 1 saturated heterocycles. The Bertz CT molecular complexity index is 448. The summed E-state index contributed by atoms with van der Waals surface area (Å²) in [5.41, 5.74) is 1.67. The highest BCUT2D eigenvalue weighted by atomic mass is 16.6. The first-order chi connectivity index (χ1) is 11.1. The maximum Gasteiger partial charge on any atom is 0.325 e. The second-order valence-electron chi connectivity index (χ2n) is 5.60. The number of rotatable bonds is 9. The maximum atomic E-state index is 11.8. The molecule has 0 aliphatic carbocycles. The molecule has 1 aliphatic rings. The Hall–Kier alpha value is -1.75. The van der Waals surface area contributed by atoms with Crippen LogP contribution in [0.5, 0.6) is 0 Å². The van der Waals surface area contributed by atoms with Gasteiger partial charge in [0.15, 0.2) is 0 Å². The Morgan fingerprint density at radius 1 is 1.48 bits per heavy atom. The lowest BCUT2D eigenvalue weighted by atomic mass is 10.1. The Morgan fingerprint density at radius 2 is 2.26 bits per heavy atom. The average Bonchev–Trinajstić information content (AvgIpc) is 2.56. The normalized spacial score (nSPS) is 19.2. The highest BCUT2D eigenvalue weighted by molar-refractivity contribution is 5.72. The minimum Gasteiger partial charge on any atom is -0.496 e. The SMILES string of the molecule is C=C(/C=C(OC)\C(C)=C\CCC)NCC(=O)O[C@@H]1CCCOC1. The summed E-state index contributed by atoms with van der Waals surface area (Å²) in [6, 6.07) is 0. The number of esters is 1. The molecule has 1 aliphatic heterocycles. The van der Waals surface area contributed by atoms with E-state index in [9.17, 15) is 4.79 Å². The van der Waals surface area contributed by atoms with Gasteiger partial charge in [-0.25, -0.2) is 0 Å². The molecular weight excluding hydrogens is 294 g/mol. The monoisotopic (exact) mass is 323 g/mol. The molecule has 5 heteroatoms. The maximum absolute atomic E-state index is 11.8.